The molecule has 0 bridgehead atoms. The van der Waals surface area contributed by atoms with Gasteiger partial charge in [0.25, 0.3) is 0 Å². The highest BCUT2D eigenvalue weighted by molar-refractivity contribution is 8.04. The molecule has 0 aromatic heterocycles. The first-order valence-electron chi connectivity index (χ1n) is 1.92. The number of methoxy groups -OCH3 is 1. The van der Waals surface area contributed by atoms with Crippen LogP contribution in [0.3, 0.4) is 0 Å². The van der Waals surface area contributed by atoms with Crippen molar-refractivity contribution in [3.05, 3.63) is 17.2 Å². The van der Waals surface area contributed by atoms with Gasteiger partial charge in [0, 0.05) is 6.20 Å². The standard InChI is InChI=1S/C4H6NOS/c1-6-4-2-5-3-7-4/h2-3,5H,1H3. The summed E-state index contributed by atoms with van der Waals surface area (Å²) in [5.74, 6) is 1.86. The fraction of sp³-hybridized carbons (Fsp3) is 0.250. The summed E-state index contributed by atoms with van der Waals surface area (Å²) in [7, 11) is 1.65. The molecule has 0 aliphatic carbocycles. The van der Waals surface area contributed by atoms with E-state index in [9.17, 15) is 0 Å². The molecule has 2 nitrogen and oxygen atoms in total. The molecule has 0 atom stereocenters. The molecular weight excluding hydrogens is 110 g/mol. The summed E-state index contributed by atoms with van der Waals surface area (Å²) in [4.78, 5) is 0. The van der Waals surface area contributed by atoms with Crippen molar-refractivity contribution in [3.63, 3.8) is 0 Å². The largest absolute Gasteiger partial charge is 0.489 e. The molecule has 0 saturated carbocycles. The molecule has 7 heavy (non-hydrogen) atoms. The van der Waals surface area contributed by atoms with Gasteiger partial charge in [-0.3, -0.25) is 0 Å². The Morgan fingerprint density at radius 2 is 2.71 bits per heavy atom. The summed E-state index contributed by atoms with van der Waals surface area (Å²) < 4.78 is 4.84. The van der Waals surface area contributed by atoms with Crippen LogP contribution in [-0.2, 0) is 4.74 Å². The molecule has 1 rings (SSSR count). The van der Waals surface area contributed by atoms with Crippen LogP contribution < -0.4 is 5.32 Å². The Hall–Kier alpha value is -0.310. The molecule has 1 heterocycles. The lowest BCUT2D eigenvalue weighted by Crippen LogP contribution is -1.87. The third kappa shape index (κ3) is 1.03. The molecule has 1 aliphatic heterocycles. The lowest BCUT2D eigenvalue weighted by molar-refractivity contribution is 0.324. The Morgan fingerprint density at radius 1 is 1.86 bits per heavy atom. The van der Waals surface area contributed by atoms with Crippen molar-refractivity contribution in [2.75, 3.05) is 7.11 Å². The van der Waals surface area contributed by atoms with Crippen molar-refractivity contribution in [2.45, 2.75) is 0 Å². The van der Waals surface area contributed by atoms with E-state index in [1.807, 2.05) is 12.1 Å². The van der Waals surface area contributed by atoms with Crippen LogP contribution in [0.15, 0.2) is 11.3 Å². The van der Waals surface area contributed by atoms with Gasteiger partial charge in [-0.15, -0.1) is 0 Å². The average Bonchev–Trinajstić information content (AvgIpc) is 2.14. The Balaban J connectivity index is 2.36. The third-order valence-corrected chi connectivity index (χ3v) is 1.42. The summed E-state index contributed by atoms with van der Waals surface area (Å²) in [6.45, 7) is 0. The van der Waals surface area contributed by atoms with Crippen LogP contribution >= 0.6 is 11.8 Å². The van der Waals surface area contributed by atoms with E-state index in [1.54, 1.807) is 18.9 Å². The number of rotatable bonds is 1. The number of hydrogen-bond donors (Lipinski definition) is 1. The highest BCUT2D eigenvalue weighted by Gasteiger charge is 2.01. The van der Waals surface area contributed by atoms with Gasteiger partial charge in [0.1, 0.15) is 5.88 Å². The van der Waals surface area contributed by atoms with E-state index in [-0.39, 0.29) is 0 Å². The SMILES string of the molecule is COC1=CN[CH]S1. The van der Waals surface area contributed by atoms with Crippen LogP contribution in [-0.4, -0.2) is 7.11 Å². The van der Waals surface area contributed by atoms with Gasteiger partial charge >= 0.3 is 0 Å². The monoisotopic (exact) mass is 116 g/mol. The normalized spacial score (nSPS) is 18.1. The predicted octanol–water partition coefficient (Wildman–Crippen LogP) is 0.887. The van der Waals surface area contributed by atoms with Gasteiger partial charge in [0.05, 0.1) is 7.11 Å². The van der Waals surface area contributed by atoms with Gasteiger partial charge in [-0.05, 0) is 0 Å². The second-order valence-corrected chi connectivity index (χ2v) is 1.94. The number of ether oxygens (including phenoxy) is 1. The Kier molecular flexibility index (Phi) is 1.46. The number of nitrogens with one attached hydrogen (secondary N) is 1. The molecule has 1 radical (unpaired) electrons. The zero-order valence-electron chi connectivity index (χ0n) is 3.97. The molecule has 0 aromatic rings. The van der Waals surface area contributed by atoms with Gasteiger partial charge < -0.3 is 10.1 Å². The van der Waals surface area contributed by atoms with Crippen molar-refractivity contribution in [3.8, 4) is 0 Å². The second-order valence-electron chi connectivity index (χ2n) is 1.07. The van der Waals surface area contributed by atoms with E-state index >= 15 is 0 Å². The smallest absolute Gasteiger partial charge is 0.170 e. The van der Waals surface area contributed by atoms with Gasteiger partial charge in [-0.2, -0.15) is 0 Å². The fourth-order valence-corrected chi connectivity index (χ4v) is 0.820. The minimum atomic E-state index is 0.917. The van der Waals surface area contributed by atoms with Gasteiger partial charge in [0.15, 0.2) is 5.09 Å². The van der Waals surface area contributed by atoms with E-state index in [0.717, 1.165) is 5.09 Å². The van der Waals surface area contributed by atoms with E-state index in [4.69, 9.17) is 4.74 Å². The third-order valence-electron chi connectivity index (χ3n) is 0.645. The molecular formula is C4H6NOS. The molecule has 0 saturated heterocycles. The maximum absolute atomic E-state index is 4.84. The summed E-state index contributed by atoms with van der Waals surface area (Å²) in [6, 6.07) is 0. The maximum Gasteiger partial charge on any atom is 0.170 e. The quantitative estimate of drug-likeness (QED) is 0.549. The molecule has 0 amide bonds. The zero-order valence-corrected chi connectivity index (χ0v) is 4.79. The lowest BCUT2D eigenvalue weighted by Gasteiger charge is -1.91. The summed E-state index contributed by atoms with van der Waals surface area (Å²) in [5, 5.41) is 3.79. The van der Waals surface area contributed by atoms with E-state index < -0.39 is 0 Å². The topological polar surface area (TPSA) is 21.3 Å². The first-order valence-corrected chi connectivity index (χ1v) is 2.80. The maximum atomic E-state index is 4.84. The minimum absolute atomic E-state index is 0.917. The molecule has 0 fully saturated rings. The lowest BCUT2D eigenvalue weighted by atomic mass is 10.9. The fourth-order valence-electron chi connectivity index (χ4n) is 0.335. The van der Waals surface area contributed by atoms with Crippen LogP contribution in [0.1, 0.15) is 0 Å². The first-order chi connectivity index (χ1) is 3.43. The summed E-state index contributed by atoms with van der Waals surface area (Å²) >= 11 is 1.55. The number of hydrogen-bond acceptors (Lipinski definition) is 3. The Bertz CT molecular complexity index is 91.7. The highest BCUT2D eigenvalue weighted by atomic mass is 32.2. The van der Waals surface area contributed by atoms with Crippen LogP contribution in [0.25, 0.3) is 0 Å². The second kappa shape index (κ2) is 2.12. The van der Waals surface area contributed by atoms with Crippen LogP contribution in [0, 0.1) is 5.88 Å². The minimum Gasteiger partial charge on any atom is -0.489 e. The molecule has 0 spiro atoms. The number of thioether (sulfide) groups is 1. The van der Waals surface area contributed by atoms with Crippen molar-refractivity contribution < 1.29 is 4.74 Å². The molecule has 0 aromatic carbocycles. The molecule has 3 heteroatoms. The first kappa shape index (κ1) is 4.84. The van der Waals surface area contributed by atoms with Crippen molar-refractivity contribution in [1.29, 1.82) is 0 Å². The van der Waals surface area contributed by atoms with Crippen LogP contribution in [0.5, 0.6) is 0 Å². The van der Waals surface area contributed by atoms with Gasteiger partial charge in [-0.25, -0.2) is 0 Å². The van der Waals surface area contributed by atoms with Gasteiger partial charge in [0.2, 0.25) is 0 Å². The van der Waals surface area contributed by atoms with E-state index in [1.165, 1.54) is 0 Å². The van der Waals surface area contributed by atoms with Crippen molar-refractivity contribution in [1.82, 2.24) is 5.32 Å². The zero-order chi connectivity index (χ0) is 5.11. The van der Waals surface area contributed by atoms with Gasteiger partial charge in [-0.1, -0.05) is 11.8 Å². The molecule has 0 unspecified atom stereocenters. The highest BCUT2D eigenvalue weighted by Crippen LogP contribution is 2.21. The van der Waals surface area contributed by atoms with Crippen LogP contribution in [0.2, 0.25) is 0 Å². The van der Waals surface area contributed by atoms with Crippen molar-refractivity contribution >= 4 is 11.8 Å². The summed E-state index contributed by atoms with van der Waals surface area (Å²) in [5.41, 5.74) is 0. The van der Waals surface area contributed by atoms with E-state index in [0.29, 0.717) is 0 Å². The molecule has 1 aliphatic rings. The van der Waals surface area contributed by atoms with Crippen molar-refractivity contribution in [2.24, 2.45) is 0 Å². The van der Waals surface area contributed by atoms with E-state index in [2.05, 4.69) is 5.32 Å². The molecule has 1 N–H and O–H groups in total. The summed E-state index contributed by atoms with van der Waals surface area (Å²) in [6.07, 6.45) is 1.81. The Labute approximate surface area is 46.9 Å². The predicted molar refractivity (Wildman–Crippen MR) is 30.1 cm³/mol. The van der Waals surface area contributed by atoms with Crippen LogP contribution in [0.4, 0.5) is 0 Å². The molecule has 39 valence electrons. The average molecular weight is 116 g/mol. The Morgan fingerprint density at radius 3 is 3.00 bits per heavy atom.